The summed E-state index contributed by atoms with van der Waals surface area (Å²) >= 11 is 0. The van der Waals surface area contributed by atoms with E-state index in [4.69, 9.17) is 0 Å². The topological polar surface area (TPSA) is 122 Å². The average molecular weight is 385 g/mol. The van der Waals surface area contributed by atoms with Gasteiger partial charge in [0.2, 0.25) is 0 Å². The third-order valence-electron chi connectivity index (χ3n) is 4.17. The molecule has 0 aliphatic heterocycles. The van der Waals surface area contributed by atoms with Crippen LogP contribution in [0.3, 0.4) is 0 Å². The standard InChI is InChI=1S/C18H15N3O5S/c1-11-7-8-13-5-3-4-6-15(13)18(11)20-19-16-9-14(21(22)23)10-17(12(16)2)27(24,25)26/h3-10H,1-2H3,(H,24,25,26)/b20-19+. The van der Waals surface area contributed by atoms with Crippen molar-refractivity contribution >= 4 is 38.0 Å². The van der Waals surface area contributed by atoms with Crippen LogP contribution < -0.4 is 0 Å². The summed E-state index contributed by atoms with van der Waals surface area (Å²) in [6, 6.07) is 13.3. The zero-order valence-electron chi connectivity index (χ0n) is 14.4. The minimum absolute atomic E-state index is 0.0100. The van der Waals surface area contributed by atoms with Gasteiger partial charge in [0.25, 0.3) is 15.8 Å². The molecular weight excluding hydrogens is 370 g/mol. The highest BCUT2D eigenvalue weighted by Crippen LogP contribution is 2.35. The molecule has 0 spiro atoms. The van der Waals surface area contributed by atoms with Crippen molar-refractivity contribution in [2.45, 2.75) is 18.7 Å². The highest BCUT2D eigenvalue weighted by Gasteiger charge is 2.22. The summed E-state index contributed by atoms with van der Waals surface area (Å²) in [7, 11) is -4.64. The summed E-state index contributed by atoms with van der Waals surface area (Å²) in [5.74, 6) is 0. The van der Waals surface area contributed by atoms with Crippen LogP contribution in [-0.4, -0.2) is 17.9 Å². The maximum Gasteiger partial charge on any atom is 0.295 e. The van der Waals surface area contributed by atoms with Crippen LogP contribution in [-0.2, 0) is 10.1 Å². The van der Waals surface area contributed by atoms with Crippen LogP contribution in [0.4, 0.5) is 17.1 Å². The van der Waals surface area contributed by atoms with E-state index in [-0.39, 0.29) is 11.3 Å². The van der Waals surface area contributed by atoms with E-state index in [1.807, 2.05) is 43.3 Å². The molecule has 3 rings (SSSR count). The first-order chi connectivity index (χ1) is 12.7. The fourth-order valence-corrected chi connectivity index (χ4v) is 3.50. The lowest BCUT2D eigenvalue weighted by molar-refractivity contribution is -0.385. The van der Waals surface area contributed by atoms with Gasteiger partial charge in [0.05, 0.1) is 16.3 Å². The lowest BCUT2D eigenvalue weighted by Crippen LogP contribution is -2.02. The third-order valence-corrected chi connectivity index (χ3v) is 5.15. The Morgan fingerprint density at radius 1 is 1.04 bits per heavy atom. The molecule has 0 heterocycles. The number of azo groups is 1. The number of hydrogen-bond donors (Lipinski definition) is 1. The molecule has 0 fully saturated rings. The minimum atomic E-state index is -4.64. The number of nitro groups is 1. The lowest BCUT2D eigenvalue weighted by Gasteiger charge is -2.07. The molecule has 0 radical (unpaired) electrons. The zero-order valence-corrected chi connectivity index (χ0v) is 15.3. The predicted octanol–water partition coefficient (Wildman–Crippen LogP) is 5.03. The molecule has 0 saturated carbocycles. The van der Waals surface area contributed by atoms with Gasteiger partial charge >= 0.3 is 0 Å². The molecular formula is C18H15N3O5S. The number of nitro benzene ring substituents is 1. The third kappa shape index (κ3) is 3.69. The second-order valence-corrected chi connectivity index (χ2v) is 7.36. The van der Waals surface area contributed by atoms with Gasteiger partial charge in [-0.2, -0.15) is 8.42 Å². The molecule has 0 aliphatic carbocycles. The molecule has 8 nitrogen and oxygen atoms in total. The summed E-state index contributed by atoms with van der Waals surface area (Å²) in [5, 5.41) is 21.2. The van der Waals surface area contributed by atoms with Gasteiger partial charge in [-0.3, -0.25) is 14.7 Å². The Kier molecular flexibility index (Phi) is 4.73. The van der Waals surface area contributed by atoms with Crippen molar-refractivity contribution in [2.24, 2.45) is 10.2 Å². The van der Waals surface area contributed by atoms with Crippen molar-refractivity contribution in [3.05, 3.63) is 69.8 Å². The Hall–Kier alpha value is -3.17. The monoisotopic (exact) mass is 385 g/mol. The van der Waals surface area contributed by atoms with Gasteiger partial charge in [-0.15, -0.1) is 10.2 Å². The van der Waals surface area contributed by atoms with E-state index >= 15 is 0 Å². The molecule has 0 amide bonds. The number of nitrogens with zero attached hydrogens (tertiary/aromatic N) is 3. The average Bonchev–Trinajstić information content (AvgIpc) is 2.60. The maximum absolute atomic E-state index is 11.5. The highest BCUT2D eigenvalue weighted by molar-refractivity contribution is 7.85. The first-order valence-corrected chi connectivity index (χ1v) is 9.29. The SMILES string of the molecule is Cc1ccc2ccccc2c1/N=N/c1cc([N+](=O)[O-])cc(S(=O)(=O)O)c1C. The van der Waals surface area contributed by atoms with E-state index in [1.165, 1.54) is 6.92 Å². The molecule has 0 unspecified atom stereocenters. The molecule has 27 heavy (non-hydrogen) atoms. The first-order valence-electron chi connectivity index (χ1n) is 7.85. The quantitative estimate of drug-likeness (QED) is 0.292. The molecule has 0 aliphatic rings. The van der Waals surface area contributed by atoms with Gasteiger partial charge in [-0.05, 0) is 30.4 Å². The van der Waals surface area contributed by atoms with E-state index in [0.29, 0.717) is 5.69 Å². The summed E-state index contributed by atoms with van der Waals surface area (Å²) in [6.45, 7) is 3.25. The van der Waals surface area contributed by atoms with Crippen LogP contribution in [0.25, 0.3) is 10.8 Å². The molecule has 0 bridgehead atoms. The summed E-state index contributed by atoms with van der Waals surface area (Å²) in [6.07, 6.45) is 0. The molecule has 9 heteroatoms. The molecule has 0 aromatic heterocycles. The van der Waals surface area contributed by atoms with E-state index < -0.39 is 25.6 Å². The van der Waals surface area contributed by atoms with Crippen molar-refractivity contribution in [3.8, 4) is 0 Å². The smallest absolute Gasteiger partial charge is 0.282 e. The molecule has 138 valence electrons. The number of hydrogen-bond acceptors (Lipinski definition) is 6. The molecule has 0 saturated heterocycles. The van der Waals surface area contributed by atoms with Gasteiger partial charge in [-0.25, -0.2) is 0 Å². The first kappa shape index (κ1) is 18.6. The van der Waals surface area contributed by atoms with Crippen molar-refractivity contribution in [1.29, 1.82) is 0 Å². The number of fused-ring (bicyclic) bond motifs is 1. The Labute approximate surface area is 155 Å². The number of rotatable bonds is 4. The van der Waals surface area contributed by atoms with Crippen molar-refractivity contribution in [2.75, 3.05) is 0 Å². The van der Waals surface area contributed by atoms with Crippen molar-refractivity contribution in [1.82, 2.24) is 0 Å². The number of aryl methyl sites for hydroxylation is 1. The lowest BCUT2D eigenvalue weighted by atomic mass is 10.1. The number of benzene rings is 3. The van der Waals surface area contributed by atoms with Gasteiger partial charge in [0, 0.05) is 17.5 Å². The van der Waals surface area contributed by atoms with E-state index in [9.17, 15) is 23.1 Å². The van der Waals surface area contributed by atoms with Gasteiger partial charge in [-0.1, -0.05) is 36.4 Å². The van der Waals surface area contributed by atoms with E-state index in [0.717, 1.165) is 28.5 Å². The normalized spacial score (nSPS) is 12.0. The van der Waals surface area contributed by atoms with Crippen LogP contribution in [0.2, 0.25) is 0 Å². The van der Waals surface area contributed by atoms with Crippen LogP contribution >= 0.6 is 0 Å². The maximum atomic E-state index is 11.5. The van der Waals surface area contributed by atoms with Crippen LogP contribution in [0.1, 0.15) is 11.1 Å². The highest BCUT2D eigenvalue weighted by atomic mass is 32.2. The van der Waals surface area contributed by atoms with E-state index in [2.05, 4.69) is 10.2 Å². The Bertz CT molecular complexity index is 1200. The van der Waals surface area contributed by atoms with Crippen LogP contribution in [0.15, 0.2) is 63.7 Å². The van der Waals surface area contributed by atoms with Gasteiger partial charge in [0.15, 0.2) is 0 Å². The summed E-state index contributed by atoms with van der Waals surface area (Å²) in [5.41, 5.74) is 0.980. The fourth-order valence-electron chi connectivity index (χ4n) is 2.74. The second-order valence-electron chi connectivity index (χ2n) is 5.97. The van der Waals surface area contributed by atoms with Gasteiger partial charge < -0.3 is 0 Å². The Morgan fingerprint density at radius 2 is 1.74 bits per heavy atom. The Morgan fingerprint density at radius 3 is 2.41 bits per heavy atom. The molecule has 3 aromatic carbocycles. The predicted molar refractivity (Wildman–Crippen MR) is 101 cm³/mol. The largest absolute Gasteiger partial charge is 0.295 e. The zero-order chi connectivity index (χ0) is 19.8. The molecule has 0 atom stereocenters. The number of non-ortho nitro benzene ring substituents is 1. The minimum Gasteiger partial charge on any atom is -0.282 e. The van der Waals surface area contributed by atoms with E-state index in [1.54, 1.807) is 0 Å². The van der Waals surface area contributed by atoms with Crippen molar-refractivity contribution in [3.63, 3.8) is 0 Å². The second kappa shape index (κ2) is 6.86. The van der Waals surface area contributed by atoms with Crippen molar-refractivity contribution < 1.29 is 17.9 Å². The summed E-state index contributed by atoms with van der Waals surface area (Å²) in [4.78, 5) is 9.78. The fraction of sp³-hybridized carbons (Fsp3) is 0.111. The van der Waals surface area contributed by atoms with Gasteiger partial charge in [0.1, 0.15) is 4.90 Å². The van der Waals surface area contributed by atoms with Crippen LogP contribution in [0, 0.1) is 24.0 Å². The molecule has 1 N–H and O–H groups in total. The Balaban J connectivity index is 2.20. The molecule has 3 aromatic rings. The van der Waals surface area contributed by atoms with Crippen LogP contribution in [0.5, 0.6) is 0 Å². The summed E-state index contributed by atoms with van der Waals surface area (Å²) < 4.78 is 32.4.